The number of methoxy groups -OCH3 is 1. The highest BCUT2D eigenvalue weighted by Gasteiger charge is 2.20. The third-order valence-electron chi connectivity index (χ3n) is 2.92. The van der Waals surface area contributed by atoms with Crippen molar-refractivity contribution in [3.63, 3.8) is 0 Å². The maximum atomic E-state index is 13.5. The summed E-state index contributed by atoms with van der Waals surface area (Å²) < 4.78 is 23.7. The molecule has 1 saturated heterocycles. The Morgan fingerprint density at radius 3 is 3.11 bits per heavy atom. The molecule has 0 radical (unpaired) electrons. The van der Waals surface area contributed by atoms with Gasteiger partial charge in [-0.15, -0.1) is 0 Å². The van der Waals surface area contributed by atoms with Crippen LogP contribution in [0.1, 0.15) is 5.56 Å². The van der Waals surface area contributed by atoms with Crippen LogP contribution >= 0.6 is 0 Å². The Hall–Kier alpha value is -1.64. The van der Waals surface area contributed by atoms with Crippen molar-refractivity contribution in [1.29, 1.82) is 5.26 Å². The highest BCUT2D eigenvalue weighted by Crippen LogP contribution is 2.19. The summed E-state index contributed by atoms with van der Waals surface area (Å²) in [4.78, 5) is 2.08. The van der Waals surface area contributed by atoms with Gasteiger partial charge in [-0.25, -0.2) is 4.39 Å². The van der Waals surface area contributed by atoms with Crippen LogP contribution in [-0.2, 0) is 11.3 Å². The number of nitriles is 1. The molecule has 2 rings (SSSR count). The van der Waals surface area contributed by atoms with E-state index in [9.17, 15) is 4.39 Å². The zero-order valence-corrected chi connectivity index (χ0v) is 10.2. The summed E-state index contributed by atoms with van der Waals surface area (Å²) in [6, 6.07) is 7.01. The number of benzene rings is 1. The second-order valence-electron chi connectivity index (χ2n) is 4.19. The Balaban J connectivity index is 2.01. The van der Waals surface area contributed by atoms with Crippen molar-refractivity contribution < 1.29 is 13.9 Å². The van der Waals surface area contributed by atoms with Gasteiger partial charge in [-0.3, -0.25) is 4.90 Å². The third kappa shape index (κ3) is 2.97. The molecule has 1 aromatic carbocycles. The highest BCUT2D eigenvalue weighted by atomic mass is 19.1. The number of rotatable bonds is 3. The van der Waals surface area contributed by atoms with E-state index in [0.717, 1.165) is 12.1 Å². The van der Waals surface area contributed by atoms with Gasteiger partial charge in [-0.2, -0.15) is 5.26 Å². The smallest absolute Gasteiger partial charge is 0.165 e. The Bertz CT molecular complexity index is 459. The SMILES string of the molecule is COc1ccc(CN2CCOC(C#N)C2)cc1F. The molecule has 18 heavy (non-hydrogen) atoms. The molecule has 0 saturated carbocycles. The summed E-state index contributed by atoms with van der Waals surface area (Å²) >= 11 is 0. The van der Waals surface area contributed by atoms with E-state index in [2.05, 4.69) is 11.0 Å². The van der Waals surface area contributed by atoms with Crippen molar-refractivity contribution >= 4 is 0 Å². The Kier molecular flexibility index (Phi) is 4.13. The molecule has 1 aliphatic heterocycles. The molecule has 0 N–H and O–H groups in total. The van der Waals surface area contributed by atoms with Gasteiger partial charge < -0.3 is 9.47 Å². The first-order valence-electron chi connectivity index (χ1n) is 5.79. The molecule has 1 unspecified atom stereocenters. The normalized spacial score (nSPS) is 20.4. The van der Waals surface area contributed by atoms with Gasteiger partial charge in [0, 0.05) is 19.6 Å². The molecule has 0 bridgehead atoms. The lowest BCUT2D eigenvalue weighted by Crippen LogP contribution is -2.41. The average molecular weight is 250 g/mol. The number of hydrogen-bond donors (Lipinski definition) is 0. The van der Waals surface area contributed by atoms with Crippen LogP contribution < -0.4 is 4.74 Å². The van der Waals surface area contributed by atoms with Crippen LogP contribution in [-0.4, -0.2) is 37.8 Å². The van der Waals surface area contributed by atoms with E-state index in [1.165, 1.54) is 13.2 Å². The number of halogens is 1. The van der Waals surface area contributed by atoms with Crippen molar-refractivity contribution in [2.24, 2.45) is 0 Å². The zero-order valence-electron chi connectivity index (χ0n) is 10.2. The fraction of sp³-hybridized carbons (Fsp3) is 0.462. The third-order valence-corrected chi connectivity index (χ3v) is 2.92. The van der Waals surface area contributed by atoms with Gasteiger partial charge in [0.15, 0.2) is 17.7 Å². The molecule has 1 aromatic rings. The van der Waals surface area contributed by atoms with E-state index in [0.29, 0.717) is 19.7 Å². The monoisotopic (exact) mass is 250 g/mol. The molecule has 1 fully saturated rings. The fourth-order valence-corrected chi connectivity index (χ4v) is 1.99. The van der Waals surface area contributed by atoms with Crippen LogP contribution in [0, 0.1) is 17.1 Å². The number of hydrogen-bond acceptors (Lipinski definition) is 4. The van der Waals surface area contributed by atoms with Crippen LogP contribution in [0.4, 0.5) is 4.39 Å². The van der Waals surface area contributed by atoms with E-state index in [1.807, 2.05) is 6.07 Å². The fourth-order valence-electron chi connectivity index (χ4n) is 1.99. The van der Waals surface area contributed by atoms with E-state index in [1.54, 1.807) is 6.07 Å². The standard InChI is InChI=1S/C13H15FN2O2/c1-17-13-3-2-10(6-12(13)14)8-16-4-5-18-11(7-15)9-16/h2-3,6,11H,4-5,8-9H2,1H3. The minimum atomic E-state index is -0.387. The molecule has 1 heterocycles. The lowest BCUT2D eigenvalue weighted by molar-refractivity contribution is -0.00272. The molecule has 0 amide bonds. The van der Waals surface area contributed by atoms with Crippen LogP contribution in [0.5, 0.6) is 5.75 Å². The molecule has 0 aromatic heterocycles. The van der Waals surface area contributed by atoms with Gasteiger partial charge in [0.25, 0.3) is 0 Å². The number of ether oxygens (including phenoxy) is 2. The summed E-state index contributed by atoms with van der Waals surface area (Å²) in [6.45, 7) is 2.47. The molecule has 5 heteroatoms. The molecular formula is C13H15FN2O2. The molecule has 1 atom stereocenters. The van der Waals surface area contributed by atoms with Crippen LogP contribution in [0.15, 0.2) is 18.2 Å². The quantitative estimate of drug-likeness (QED) is 0.816. The van der Waals surface area contributed by atoms with E-state index >= 15 is 0 Å². The highest BCUT2D eigenvalue weighted by molar-refractivity contribution is 5.29. The molecule has 0 spiro atoms. The molecule has 96 valence electrons. The first kappa shape index (κ1) is 12.8. The number of nitrogens with zero attached hydrogens (tertiary/aromatic N) is 2. The zero-order chi connectivity index (χ0) is 13.0. The Morgan fingerprint density at radius 1 is 1.61 bits per heavy atom. The maximum absolute atomic E-state index is 13.5. The molecule has 1 aliphatic rings. The molecular weight excluding hydrogens is 235 g/mol. The number of morpholine rings is 1. The van der Waals surface area contributed by atoms with Crippen molar-refractivity contribution in [1.82, 2.24) is 4.90 Å². The minimum absolute atomic E-state index is 0.246. The van der Waals surface area contributed by atoms with Gasteiger partial charge in [0.05, 0.1) is 19.8 Å². The summed E-state index contributed by atoms with van der Waals surface area (Å²) in [7, 11) is 1.44. The maximum Gasteiger partial charge on any atom is 0.165 e. The van der Waals surface area contributed by atoms with E-state index in [4.69, 9.17) is 14.7 Å². The van der Waals surface area contributed by atoms with Gasteiger partial charge in [-0.1, -0.05) is 6.07 Å². The topological polar surface area (TPSA) is 45.5 Å². The summed E-state index contributed by atoms with van der Waals surface area (Å²) in [6.07, 6.45) is -0.387. The van der Waals surface area contributed by atoms with Crippen molar-refractivity contribution in [2.75, 3.05) is 26.8 Å². The van der Waals surface area contributed by atoms with Crippen molar-refractivity contribution in [3.05, 3.63) is 29.6 Å². The van der Waals surface area contributed by atoms with Crippen LogP contribution in [0.2, 0.25) is 0 Å². The van der Waals surface area contributed by atoms with E-state index in [-0.39, 0.29) is 17.7 Å². The van der Waals surface area contributed by atoms with Crippen molar-refractivity contribution in [2.45, 2.75) is 12.6 Å². The van der Waals surface area contributed by atoms with Gasteiger partial charge in [0.2, 0.25) is 0 Å². The van der Waals surface area contributed by atoms with Gasteiger partial charge >= 0.3 is 0 Å². The van der Waals surface area contributed by atoms with Gasteiger partial charge in [0.1, 0.15) is 0 Å². The summed E-state index contributed by atoms with van der Waals surface area (Å²) in [5, 5.41) is 8.81. The lowest BCUT2D eigenvalue weighted by atomic mass is 10.1. The lowest BCUT2D eigenvalue weighted by Gasteiger charge is -2.29. The predicted octanol–water partition coefficient (Wildman–Crippen LogP) is 1.56. The first-order valence-corrected chi connectivity index (χ1v) is 5.79. The Morgan fingerprint density at radius 2 is 2.44 bits per heavy atom. The Labute approximate surface area is 106 Å². The summed E-state index contributed by atoms with van der Waals surface area (Å²) in [5.41, 5.74) is 0.867. The van der Waals surface area contributed by atoms with Crippen molar-refractivity contribution in [3.8, 4) is 11.8 Å². The predicted molar refractivity (Wildman–Crippen MR) is 63.6 cm³/mol. The molecule has 4 nitrogen and oxygen atoms in total. The molecule has 0 aliphatic carbocycles. The first-order chi connectivity index (χ1) is 8.72. The van der Waals surface area contributed by atoms with Crippen LogP contribution in [0.25, 0.3) is 0 Å². The minimum Gasteiger partial charge on any atom is -0.494 e. The second-order valence-corrected chi connectivity index (χ2v) is 4.19. The van der Waals surface area contributed by atoms with Gasteiger partial charge in [-0.05, 0) is 17.7 Å². The van der Waals surface area contributed by atoms with Crippen LogP contribution in [0.3, 0.4) is 0 Å². The second kappa shape index (κ2) is 5.80. The largest absolute Gasteiger partial charge is 0.494 e. The van der Waals surface area contributed by atoms with E-state index < -0.39 is 0 Å². The average Bonchev–Trinajstić information content (AvgIpc) is 2.39. The summed E-state index contributed by atoms with van der Waals surface area (Å²) in [5.74, 6) is -0.115.